The van der Waals surface area contributed by atoms with Gasteiger partial charge in [-0.15, -0.1) is 0 Å². The summed E-state index contributed by atoms with van der Waals surface area (Å²) in [5.74, 6) is 1.41. The smallest absolute Gasteiger partial charge is 0.126 e. The molecule has 3 heteroatoms. The summed E-state index contributed by atoms with van der Waals surface area (Å²) in [7, 11) is 0. The number of fused-ring (bicyclic) bond motifs is 1. The highest BCUT2D eigenvalue weighted by Crippen LogP contribution is 2.29. The zero-order valence-electron chi connectivity index (χ0n) is 19.9. The largest absolute Gasteiger partial charge is 0.488 e. The Morgan fingerprint density at radius 3 is 2.00 bits per heavy atom. The van der Waals surface area contributed by atoms with Crippen LogP contribution in [0.1, 0.15) is 62.3 Å². The number of rotatable bonds is 8. The van der Waals surface area contributed by atoms with Crippen molar-refractivity contribution < 1.29 is 9.84 Å². The van der Waals surface area contributed by atoms with Crippen LogP contribution in [-0.2, 0) is 13.2 Å². The highest BCUT2D eigenvalue weighted by atomic mass is 16.5. The highest BCUT2D eigenvalue weighted by Gasteiger charge is 2.19. The van der Waals surface area contributed by atoms with Crippen LogP contribution in [-0.4, -0.2) is 28.6 Å². The van der Waals surface area contributed by atoms with Crippen molar-refractivity contribution in [3.63, 3.8) is 0 Å². The Labute approximate surface area is 193 Å². The van der Waals surface area contributed by atoms with Gasteiger partial charge in [-0.05, 0) is 63.4 Å². The summed E-state index contributed by atoms with van der Waals surface area (Å²) < 4.78 is 5.08. The van der Waals surface area contributed by atoms with Crippen LogP contribution in [0.25, 0.3) is 0 Å². The van der Waals surface area contributed by atoms with E-state index in [4.69, 9.17) is 4.74 Å². The summed E-state index contributed by atoms with van der Waals surface area (Å²) in [6.45, 7) is 11.0. The number of hydrogen-bond donors (Lipinski definition) is 1. The predicted molar refractivity (Wildman–Crippen MR) is 133 cm³/mol. The van der Waals surface area contributed by atoms with Crippen molar-refractivity contribution in [1.29, 1.82) is 0 Å². The highest BCUT2D eigenvalue weighted by molar-refractivity contribution is 5.38. The van der Waals surface area contributed by atoms with Crippen molar-refractivity contribution in [1.82, 2.24) is 4.90 Å². The first-order valence-electron chi connectivity index (χ1n) is 11.7. The molecule has 1 aliphatic heterocycles. The van der Waals surface area contributed by atoms with E-state index in [-0.39, 0.29) is 6.61 Å². The normalized spacial score (nSPS) is 13.1. The van der Waals surface area contributed by atoms with Crippen LogP contribution >= 0.6 is 0 Å². The molecular formula is C29H37NO2. The lowest BCUT2D eigenvalue weighted by Gasteiger charge is -2.32. The fourth-order valence-corrected chi connectivity index (χ4v) is 4.35. The molecule has 3 nitrogen and oxygen atoms in total. The minimum absolute atomic E-state index is 0.0967. The quantitative estimate of drug-likeness (QED) is 0.448. The van der Waals surface area contributed by atoms with Gasteiger partial charge in [-0.2, -0.15) is 0 Å². The average molecular weight is 432 g/mol. The molecule has 0 fully saturated rings. The molecule has 4 rings (SSSR count). The molecule has 1 heterocycles. The SMILES string of the molecule is CC(C)N(CCC(c1ccccc1)c1cccc(CO)c1)C(C)C.c1ccc2c(c1)CO2. The minimum Gasteiger partial charge on any atom is -0.488 e. The number of aliphatic hydroxyl groups is 1. The lowest BCUT2D eigenvalue weighted by Crippen LogP contribution is -2.38. The maximum Gasteiger partial charge on any atom is 0.126 e. The summed E-state index contributed by atoms with van der Waals surface area (Å²) in [4.78, 5) is 2.55. The van der Waals surface area contributed by atoms with Gasteiger partial charge in [0.05, 0.1) is 6.61 Å². The monoisotopic (exact) mass is 431 g/mol. The van der Waals surface area contributed by atoms with Crippen molar-refractivity contribution in [2.45, 2.75) is 65.3 Å². The first kappa shape index (κ1) is 24.0. The lowest BCUT2D eigenvalue weighted by molar-refractivity contribution is 0.170. The zero-order valence-corrected chi connectivity index (χ0v) is 19.9. The Balaban J connectivity index is 0.000000297. The molecular weight excluding hydrogens is 394 g/mol. The molecule has 170 valence electrons. The third kappa shape index (κ3) is 6.44. The summed E-state index contributed by atoms with van der Waals surface area (Å²) in [6, 6.07) is 28.3. The van der Waals surface area contributed by atoms with Gasteiger partial charge in [0.15, 0.2) is 0 Å². The summed E-state index contributed by atoms with van der Waals surface area (Å²) >= 11 is 0. The van der Waals surface area contributed by atoms with Crippen molar-refractivity contribution in [2.24, 2.45) is 0 Å². The summed E-state index contributed by atoms with van der Waals surface area (Å²) in [5, 5.41) is 9.47. The number of hydrogen-bond acceptors (Lipinski definition) is 3. The number of para-hydroxylation sites is 1. The molecule has 0 spiro atoms. The van der Waals surface area contributed by atoms with E-state index in [1.165, 1.54) is 16.7 Å². The van der Waals surface area contributed by atoms with Crippen LogP contribution in [0.2, 0.25) is 0 Å². The molecule has 0 amide bonds. The van der Waals surface area contributed by atoms with E-state index in [1.807, 2.05) is 24.3 Å². The van der Waals surface area contributed by atoms with Crippen molar-refractivity contribution in [3.05, 3.63) is 101 Å². The molecule has 3 aromatic carbocycles. The van der Waals surface area contributed by atoms with E-state index >= 15 is 0 Å². The number of ether oxygens (including phenoxy) is 1. The van der Waals surface area contributed by atoms with Crippen molar-refractivity contribution >= 4 is 0 Å². The first-order valence-corrected chi connectivity index (χ1v) is 11.7. The molecule has 0 bridgehead atoms. The van der Waals surface area contributed by atoms with Gasteiger partial charge in [0.25, 0.3) is 0 Å². The number of benzene rings is 3. The van der Waals surface area contributed by atoms with Gasteiger partial charge >= 0.3 is 0 Å². The molecule has 1 unspecified atom stereocenters. The molecule has 3 aromatic rings. The van der Waals surface area contributed by atoms with E-state index < -0.39 is 0 Å². The molecule has 1 atom stereocenters. The van der Waals surface area contributed by atoms with Crippen molar-refractivity contribution in [3.8, 4) is 5.75 Å². The minimum atomic E-state index is 0.0967. The zero-order chi connectivity index (χ0) is 22.9. The molecule has 1 N–H and O–H groups in total. The molecule has 32 heavy (non-hydrogen) atoms. The topological polar surface area (TPSA) is 32.7 Å². The summed E-state index contributed by atoms with van der Waals surface area (Å²) in [6.07, 6.45) is 1.08. The maximum atomic E-state index is 9.47. The maximum absolute atomic E-state index is 9.47. The third-order valence-electron chi connectivity index (χ3n) is 6.10. The molecule has 0 aliphatic carbocycles. The van der Waals surface area contributed by atoms with Crippen LogP contribution in [0, 0.1) is 0 Å². The second-order valence-electron chi connectivity index (χ2n) is 8.98. The molecule has 0 aromatic heterocycles. The molecule has 0 saturated carbocycles. The molecule has 0 radical (unpaired) electrons. The number of aliphatic hydroxyl groups excluding tert-OH is 1. The first-order chi connectivity index (χ1) is 15.5. The van der Waals surface area contributed by atoms with Gasteiger partial charge in [-0.3, -0.25) is 4.90 Å². The van der Waals surface area contributed by atoms with Crippen LogP contribution in [0.15, 0.2) is 78.9 Å². The number of nitrogens with zero attached hydrogens (tertiary/aromatic N) is 1. The van der Waals surface area contributed by atoms with Crippen LogP contribution in [0.5, 0.6) is 5.75 Å². The fraction of sp³-hybridized carbons (Fsp3) is 0.379. The van der Waals surface area contributed by atoms with E-state index in [1.54, 1.807) is 0 Å². The Bertz CT molecular complexity index is 921. The van der Waals surface area contributed by atoms with Gasteiger partial charge in [-0.25, -0.2) is 0 Å². The Kier molecular flexibility index (Phi) is 8.90. The standard InChI is InChI=1S/C22H31NO.C7H6O/c1-17(2)23(18(3)4)14-13-22(20-10-6-5-7-11-20)21-12-8-9-19(15-21)16-24;1-2-4-7-6(3-1)5-8-7/h5-12,15,17-18,22,24H,13-14,16H2,1-4H3;1-4H,5H2. The van der Waals surface area contributed by atoms with Crippen LogP contribution < -0.4 is 4.74 Å². The van der Waals surface area contributed by atoms with E-state index in [0.717, 1.165) is 30.9 Å². The van der Waals surface area contributed by atoms with Crippen LogP contribution in [0.3, 0.4) is 0 Å². The van der Waals surface area contributed by atoms with Crippen molar-refractivity contribution in [2.75, 3.05) is 6.54 Å². The Morgan fingerprint density at radius 2 is 1.47 bits per heavy atom. The Hall–Kier alpha value is -2.62. The molecule has 0 saturated heterocycles. The second kappa shape index (κ2) is 11.8. The van der Waals surface area contributed by atoms with Gasteiger partial charge in [0.2, 0.25) is 0 Å². The van der Waals surface area contributed by atoms with Crippen LogP contribution in [0.4, 0.5) is 0 Å². The average Bonchev–Trinajstić information content (AvgIpc) is 2.78. The summed E-state index contributed by atoms with van der Waals surface area (Å²) in [5.41, 5.74) is 4.95. The van der Waals surface area contributed by atoms with Gasteiger partial charge < -0.3 is 9.84 Å². The van der Waals surface area contributed by atoms with Gasteiger partial charge in [0.1, 0.15) is 12.4 Å². The van der Waals surface area contributed by atoms with E-state index in [0.29, 0.717) is 18.0 Å². The Morgan fingerprint density at radius 1 is 0.812 bits per heavy atom. The second-order valence-corrected chi connectivity index (χ2v) is 8.98. The molecule has 1 aliphatic rings. The lowest BCUT2D eigenvalue weighted by atomic mass is 9.87. The van der Waals surface area contributed by atoms with Gasteiger partial charge in [0, 0.05) is 23.6 Å². The van der Waals surface area contributed by atoms with E-state index in [9.17, 15) is 5.11 Å². The fourth-order valence-electron chi connectivity index (χ4n) is 4.35. The third-order valence-corrected chi connectivity index (χ3v) is 6.10. The predicted octanol–water partition coefficient (Wildman–Crippen LogP) is 6.40. The van der Waals surface area contributed by atoms with Gasteiger partial charge in [-0.1, -0.05) is 72.8 Å². The van der Waals surface area contributed by atoms with E-state index in [2.05, 4.69) is 87.2 Å².